The van der Waals surface area contributed by atoms with Gasteiger partial charge in [-0.2, -0.15) is 13.2 Å². The SMILES string of the molecule is CCCOC(=O)C1=C(C)NC2=C(C(=O)C(C(=O)OC)C(C)C2)C1c1ccc(C(F)(F)F)cc1. The molecule has 1 aromatic carbocycles. The number of carbonyl (C=O) groups excluding carboxylic acids is 3. The number of nitrogens with one attached hydrogen (secondary N) is 1. The summed E-state index contributed by atoms with van der Waals surface area (Å²) >= 11 is 0. The van der Waals surface area contributed by atoms with Crippen LogP contribution in [0, 0.1) is 11.8 Å². The van der Waals surface area contributed by atoms with Crippen LogP contribution in [-0.2, 0) is 30.0 Å². The molecular formula is C24H26F3NO5. The summed E-state index contributed by atoms with van der Waals surface area (Å²) in [5.74, 6) is -4.27. The number of dihydropyridines is 1. The van der Waals surface area contributed by atoms with E-state index in [4.69, 9.17) is 9.47 Å². The highest BCUT2D eigenvalue weighted by Crippen LogP contribution is 2.45. The zero-order chi connectivity index (χ0) is 24.5. The molecule has 0 bridgehead atoms. The number of methoxy groups -OCH3 is 1. The van der Waals surface area contributed by atoms with Crippen molar-refractivity contribution in [2.75, 3.05) is 13.7 Å². The third-order valence-corrected chi connectivity index (χ3v) is 5.97. The van der Waals surface area contributed by atoms with Crippen LogP contribution in [0.15, 0.2) is 46.8 Å². The number of alkyl halides is 3. The lowest BCUT2D eigenvalue weighted by molar-refractivity contribution is -0.151. The van der Waals surface area contributed by atoms with Crippen LogP contribution in [0.5, 0.6) is 0 Å². The van der Waals surface area contributed by atoms with Crippen LogP contribution in [0.2, 0.25) is 0 Å². The van der Waals surface area contributed by atoms with E-state index in [0.717, 1.165) is 12.1 Å². The van der Waals surface area contributed by atoms with E-state index in [-0.39, 0.29) is 23.7 Å². The second-order valence-corrected chi connectivity index (χ2v) is 8.29. The van der Waals surface area contributed by atoms with Gasteiger partial charge in [-0.1, -0.05) is 26.0 Å². The van der Waals surface area contributed by atoms with Gasteiger partial charge in [0.15, 0.2) is 5.78 Å². The molecule has 1 heterocycles. The minimum atomic E-state index is -4.53. The lowest BCUT2D eigenvalue weighted by Gasteiger charge is -2.38. The molecule has 0 saturated carbocycles. The number of carbonyl (C=O) groups is 3. The molecule has 178 valence electrons. The summed E-state index contributed by atoms with van der Waals surface area (Å²) in [7, 11) is 1.19. The predicted molar refractivity (Wildman–Crippen MR) is 113 cm³/mol. The minimum absolute atomic E-state index is 0.133. The smallest absolute Gasteiger partial charge is 0.416 e. The lowest BCUT2D eigenvalue weighted by Crippen LogP contribution is -2.43. The first-order chi connectivity index (χ1) is 15.5. The Morgan fingerprint density at radius 1 is 1.18 bits per heavy atom. The number of benzene rings is 1. The maximum Gasteiger partial charge on any atom is 0.416 e. The van der Waals surface area contributed by atoms with Crippen LogP contribution >= 0.6 is 0 Å². The number of allylic oxidation sites excluding steroid dienone is 3. The monoisotopic (exact) mass is 465 g/mol. The topological polar surface area (TPSA) is 81.7 Å². The summed E-state index contributed by atoms with van der Waals surface area (Å²) in [6, 6.07) is 4.33. The van der Waals surface area contributed by atoms with Crippen molar-refractivity contribution in [1.29, 1.82) is 0 Å². The largest absolute Gasteiger partial charge is 0.468 e. The van der Waals surface area contributed by atoms with Gasteiger partial charge in [0.1, 0.15) is 5.92 Å². The van der Waals surface area contributed by atoms with Crippen LogP contribution in [-0.4, -0.2) is 31.4 Å². The first-order valence-corrected chi connectivity index (χ1v) is 10.7. The number of rotatable bonds is 5. The molecule has 3 atom stereocenters. The predicted octanol–water partition coefficient (Wildman–Crippen LogP) is 4.27. The molecule has 3 unspecified atom stereocenters. The van der Waals surface area contributed by atoms with E-state index in [1.807, 2.05) is 6.92 Å². The Morgan fingerprint density at radius 3 is 2.36 bits per heavy atom. The molecule has 0 spiro atoms. The number of hydrogen-bond acceptors (Lipinski definition) is 6. The molecule has 1 aromatic rings. The van der Waals surface area contributed by atoms with Crippen molar-refractivity contribution in [3.63, 3.8) is 0 Å². The van der Waals surface area contributed by atoms with Gasteiger partial charge >= 0.3 is 18.1 Å². The van der Waals surface area contributed by atoms with Gasteiger partial charge in [0.2, 0.25) is 0 Å². The summed E-state index contributed by atoms with van der Waals surface area (Å²) in [5, 5.41) is 3.10. The summed E-state index contributed by atoms with van der Waals surface area (Å²) in [6.07, 6.45) is -3.62. The van der Waals surface area contributed by atoms with Gasteiger partial charge in [-0.15, -0.1) is 0 Å². The van der Waals surface area contributed by atoms with Crippen molar-refractivity contribution in [2.45, 2.75) is 45.7 Å². The van der Waals surface area contributed by atoms with E-state index in [9.17, 15) is 27.6 Å². The molecule has 9 heteroatoms. The Balaban J connectivity index is 2.16. The number of hydrogen-bond donors (Lipinski definition) is 1. The highest BCUT2D eigenvalue weighted by Gasteiger charge is 2.47. The number of Topliss-reactive ketones (excluding diaryl/α,β-unsaturated/α-hetero) is 1. The van der Waals surface area contributed by atoms with Crippen molar-refractivity contribution < 1.29 is 37.0 Å². The summed E-state index contributed by atoms with van der Waals surface area (Å²) in [6.45, 7) is 5.39. The molecule has 6 nitrogen and oxygen atoms in total. The van der Waals surface area contributed by atoms with Crippen molar-refractivity contribution in [2.24, 2.45) is 11.8 Å². The fourth-order valence-corrected chi connectivity index (χ4v) is 4.42. The molecule has 0 amide bonds. The van der Waals surface area contributed by atoms with E-state index in [0.29, 0.717) is 29.8 Å². The number of esters is 2. The summed E-state index contributed by atoms with van der Waals surface area (Å²) in [5.41, 5.74) is 0.789. The van der Waals surface area contributed by atoms with E-state index >= 15 is 0 Å². The molecule has 33 heavy (non-hydrogen) atoms. The molecule has 1 aliphatic heterocycles. The van der Waals surface area contributed by atoms with Gasteiger partial charge in [0.05, 0.1) is 24.9 Å². The maximum atomic E-state index is 13.5. The van der Waals surface area contributed by atoms with Crippen molar-refractivity contribution in [3.05, 3.63) is 57.9 Å². The number of ether oxygens (including phenoxy) is 2. The quantitative estimate of drug-likeness (QED) is 0.517. The third kappa shape index (κ3) is 4.67. The van der Waals surface area contributed by atoms with E-state index in [2.05, 4.69) is 5.32 Å². The van der Waals surface area contributed by atoms with Gasteiger partial charge in [-0.05, 0) is 43.4 Å². The molecule has 1 N–H and O–H groups in total. The molecule has 2 aliphatic rings. The normalized spacial score (nSPS) is 23.1. The second kappa shape index (κ2) is 9.41. The van der Waals surface area contributed by atoms with Gasteiger partial charge < -0.3 is 14.8 Å². The minimum Gasteiger partial charge on any atom is -0.468 e. The van der Waals surface area contributed by atoms with Crippen LogP contribution in [0.3, 0.4) is 0 Å². The fourth-order valence-electron chi connectivity index (χ4n) is 4.42. The Bertz CT molecular complexity index is 1020. The standard InChI is InChI=1S/C24H26F3NO5/c1-5-10-33-23(31)18-13(3)28-16-11-12(2)17(22(30)32-4)21(29)20(16)19(18)14-6-8-15(9-7-14)24(25,26)27/h6-9,12,17,19,28H,5,10-11H2,1-4H3. The maximum absolute atomic E-state index is 13.5. The van der Waals surface area contributed by atoms with Gasteiger partial charge in [-0.3, -0.25) is 9.59 Å². The van der Waals surface area contributed by atoms with Crippen molar-refractivity contribution in [1.82, 2.24) is 5.32 Å². The number of ketones is 1. The summed E-state index contributed by atoms with van der Waals surface area (Å²) in [4.78, 5) is 38.9. The van der Waals surface area contributed by atoms with Crippen LogP contribution in [0.1, 0.15) is 50.7 Å². The molecule has 0 aromatic heterocycles. The molecule has 1 aliphatic carbocycles. The highest BCUT2D eigenvalue weighted by molar-refractivity contribution is 6.12. The van der Waals surface area contributed by atoms with E-state index < -0.39 is 41.3 Å². The highest BCUT2D eigenvalue weighted by atomic mass is 19.4. The van der Waals surface area contributed by atoms with Crippen molar-refractivity contribution >= 4 is 17.7 Å². The van der Waals surface area contributed by atoms with Crippen LogP contribution in [0.4, 0.5) is 13.2 Å². The number of halogens is 3. The first-order valence-electron chi connectivity index (χ1n) is 10.7. The Morgan fingerprint density at radius 2 is 1.82 bits per heavy atom. The average Bonchev–Trinajstić information content (AvgIpc) is 2.75. The van der Waals surface area contributed by atoms with Crippen LogP contribution < -0.4 is 5.32 Å². The zero-order valence-corrected chi connectivity index (χ0v) is 18.8. The summed E-state index contributed by atoms with van der Waals surface area (Å²) < 4.78 is 49.5. The van der Waals surface area contributed by atoms with E-state index in [1.54, 1.807) is 13.8 Å². The molecule has 0 saturated heterocycles. The van der Waals surface area contributed by atoms with Gasteiger partial charge in [-0.25, -0.2) is 4.79 Å². The Hall–Kier alpha value is -3.10. The molecule has 3 rings (SSSR count). The van der Waals surface area contributed by atoms with Gasteiger partial charge in [0.25, 0.3) is 0 Å². The van der Waals surface area contributed by atoms with Gasteiger partial charge in [0, 0.05) is 22.9 Å². The van der Waals surface area contributed by atoms with E-state index in [1.165, 1.54) is 19.2 Å². The second-order valence-electron chi connectivity index (χ2n) is 8.29. The Labute approximate surface area is 189 Å². The fraction of sp³-hybridized carbons (Fsp3) is 0.458. The molecule has 0 fully saturated rings. The molecule has 0 radical (unpaired) electrons. The van der Waals surface area contributed by atoms with Crippen LogP contribution in [0.25, 0.3) is 0 Å². The Kier molecular flexibility index (Phi) is 7.00. The third-order valence-electron chi connectivity index (χ3n) is 5.97. The van der Waals surface area contributed by atoms with Crippen molar-refractivity contribution in [3.8, 4) is 0 Å². The zero-order valence-electron chi connectivity index (χ0n) is 18.8. The average molecular weight is 465 g/mol. The first kappa shape index (κ1) is 24.5. The molecular weight excluding hydrogens is 439 g/mol. The lowest BCUT2D eigenvalue weighted by atomic mass is 9.69.